The Morgan fingerprint density at radius 3 is 1.35 bits per heavy atom. The van der Waals surface area contributed by atoms with Gasteiger partial charge >= 0.3 is 0 Å². The van der Waals surface area contributed by atoms with Crippen molar-refractivity contribution in [1.29, 1.82) is 0 Å². The van der Waals surface area contributed by atoms with Crippen LogP contribution in [0.1, 0.15) is 27.7 Å². The molecule has 2 aromatic rings. The van der Waals surface area contributed by atoms with Crippen LogP contribution >= 0.6 is 0 Å². The highest BCUT2D eigenvalue weighted by molar-refractivity contribution is 6.19. The van der Waals surface area contributed by atoms with Crippen LogP contribution in [0.25, 0.3) is 0 Å². The van der Waals surface area contributed by atoms with Crippen LogP contribution < -0.4 is 10.0 Å². The number of halogens is 2. The number of anilines is 2. The molecule has 0 saturated heterocycles. The van der Waals surface area contributed by atoms with E-state index in [2.05, 4.69) is 10.2 Å². The van der Waals surface area contributed by atoms with Crippen molar-refractivity contribution in [1.82, 2.24) is 0 Å². The monoisotopic (exact) mass is 424 g/mol. The molecule has 8 heteroatoms. The summed E-state index contributed by atoms with van der Waals surface area (Å²) in [6.45, 7) is 7.19. The fourth-order valence-corrected chi connectivity index (χ4v) is 4.55. The first kappa shape index (κ1) is 20.8. The van der Waals surface area contributed by atoms with Gasteiger partial charge in [-0.3, -0.25) is 9.59 Å². The van der Waals surface area contributed by atoms with Gasteiger partial charge in [0, 0.05) is 11.4 Å². The average molecular weight is 424 g/mol. The molecule has 0 unspecified atom stereocenters. The van der Waals surface area contributed by atoms with Crippen LogP contribution in [0.15, 0.2) is 58.7 Å². The number of rotatable bonds is 4. The Labute approximate surface area is 178 Å². The van der Waals surface area contributed by atoms with Gasteiger partial charge in [-0.25, -0.2) is 18.8 Å². The second kappa shape index (κ2) is 7.37. The Hall–Kier alpha value is -3.42. The number of amides is 2. The van der Waals surface area contributed by atoms with E-state index in [1.807, 2.05) is 13.8 Å². The van der Waals surface area contributed by atoms with E-state index in [1.165, 1.54) is 58.5 Å². The first-order valence-corrected chi connectivity index (χ1v) is 9.90. The van der Waals surface area contributed by atoms with Crippen molar-refractivity contribution in [2.24, 2.45) is 27.5 Å². The lowest BCUT2D eigenvalue weighted by Gasteiger charge is -2.35. The van der Waals surface area contributed by atoms with E-state index in [0.29, 0.717) is 22.8 Å². The van der Waals surface area contributed by atoms with Crippen molar-refractivity contribution in [2.45, 2.75) is 27.7 Å². The summed E-state index contributed by atoms with van der Waals surface area (Å²) < 4.78 is 26.6. The van der Waals surface area contributed by atoms with Crippen molar-refractivity contribution < 1.29 is 18.4 Å². The number of carbonyl (C=O) groups is 2. The zero-order valence-corrected chi connectivity index (χ0v) is 17.6. The van der Waals surface area contributed by atoms with Crippen molar-refractivity contribution >= 4 is 34.6 Å². The Morgan fingerprint density at radius 1 is 0.710 bits per heavy atom. The average Bonchev–Trinajstić information content (AvgIpc) is 3.18. The third-order valence-electron chi connectivity index (χ3n) is 5.89. The minimum Gasteiger partial charge on any atom is -0.272 e. The fraction of sp³-hybridized carbons (Fsp3) is 0.304. The molecule has 2 heterocycles. The third-order valence-corrected chi connectivity index (χ3v) is 5.89. The lowest BCUT2D eigenvalue weighted by molar-refractivity contribution is -0.126. The molecule has 0 N–H and O–H groups in total. The Kier molecular flexibility index (Phi) is 4.95. The number of nitrogens with zero attached hydrogens (tertiary/aromatic N) is 4. The molecule has 0 radical (unpaired) electrons. The number of hydrogen-bond donors (Lipinski definition) is 0. The summed E-state index contributed by atoms with van der Waals surface area (Å²) in [5.41, 5.74) is 1.22. The number of carbonyl (C=O) groups excluding carboxylic acids is 2. The topological polar surface area (TPSA) is 65.3 Å². The maximum atomic E-state index is 13.3. The molecule has 160 valence electrons. The third kappa shape index (κ3) is 3.41. The zero-order valence-electron chi connectivity index (χ0n) is 17.6. The fourth-order valence-electron chi connectivity index (χ4n) is 4.55. The minimum atomic E-state index is -0.834. The van der Waals surface area contributed by atoms with Crippen LogP contribution in [0.4, 0.5) is 20.2 Å². The minimum absolute atomic E-state index is 0.282. The molecule has 6 nitrogen and oxygen atoms in total. The standard InChI is InChI=1S/C23H22F2N4O2/c1-13-19(21(30)28(26-13)17-9-5-15(24)6-10-17)23(3,4)20-14(2)27-29(22(20)31)18-11-7-16(25)8-12-18/h5-12,19-20H,1-4H3/t19-,20-/m0/s1. The summed E-state index contributed by atoms with van der Waals surface area (Å²) in [6, 6.07) is 11.0. The van der Waals surface area contributed by atoms with Crippen LogP contribution in [-0.2, 0) is 9.59 Å². The quantitative estimate of drug-likeness (QED) is 0.732. The second-order valence-electron chi connectivity index (χ2n) is 8.42. The molecule has 0 fully saturated rings. The molecule has 0 saturated carbocycles. The Balaban J connectivity index is 1.63. The van der Waals surface area contributed by atoms with E-state index in [1.54, 1.807) is 13.8 Å². The van der Waals surface area contributed by atoms with E-state index < -0.39 is 28.9 Å². The Bertz CT molecular complexity index is 1020. The van der Waals surface area contributed by atoms with Crippen molar-refractivity contribution in [2.75, 3.05) is 10.0 Å². The maximum absolute atomic E-state index is 13.3. The summed E-state index contributed by atoms with van der Waals surface area (Å²) in [6.07, 6.45) is 0. The van der Waals surface area contributed by atoms with E-state index in [-0.39, 0.29) is 11.8 Å². The molecule has 0 aliphatic carbocycles. The van der Waals surface area contributed by atoms with E-state index in [9.17, 15) is 18.4 Å². The van der Waals surface area contributed by atoms with Crippen LogP contribution in [0.2, 0.25) is 0 Å². The van der Waals surface area contributed by atoms with Crippen LogP contribution in [-0.4, -0.2) is 23.2 Å². The van der Waals surface area contributed by atoms with Gasteiger partial charge in [0.15, 0.2) is 0 Å². The van der Waals surface area contributed by atoms with Gasteiger partial charge < -0.3 is 0 Å². The highest BCUT2D eigenvalue weighted by Crippen LogP contribution is 2.44. The predicted molar refractivity (Wildman–Crippen MR) is 115 cm³/mol. The van der Waals surface area contributed by atoms with Crippen LogP contribution in [0.3, 0.4) is 0 Å². The normalized spacial score (nSPS) is 21.6. The molecule has 0 aromatic heterocycles. The molecule has 2 aliphatic heterocycles. The van der Waals surface area contributed by atoms with E-state index >= 15 is 0 Å². The van der Waals surface area contributed by atoms with Crippen molar-refractivity contribution in [3.05, 3.63) is 60.2 Å². The van der Waals surface area contributed by atoms with Crippen LogP contribution in [0, 0.1) is 28.9 Å². The zero-order chi connectivity index (χ0) is 22.5. The first-order chi connectivity index (χ1) is 14.6. The van der Waals surface area contributed by atoms with Crippen LogP contribution in [0.5, 0.6) is 0 Å². The molecule has 2 aromatic carbocycles. The summed E-state index contributed by atoms with van der Waals surface area (Å²) in [4.78, 5) is 26.6. The summed E-state index contributed by atoms with van der Waals surface area (Å²) >= 11 is 0. The van der Waals surface area contributed by atoms with Gasteiger partial charge in [-0.15, -0.1) is 0 Å². The molecule has 2 amide bonds. The molecule has 2 aliphatic rings. The van der Waals surface area contributed by atoms with E-state index in [4.69, 9.17) is 0 Å². The predicted octanol–water partition coefficient (Wildman–Crippen LogP) is 4.37. The molecular weight excluding hydrogens is 402 g/mol. The first-order valence-electron chi connectivity index (χ1n) is 9.90. The van der Waals surface area contributed by atoms with Gasteiger partial charge in [-0.2, -0.15) is 10.2 Å². The van der Waals surface area contributed by atoms with E-state index in [0.717, 1.165) is 0 Å². The van der Waals surface area contributed by atoms with Gasteiger partial charge in [0.05, 0.1) is 23.2 Å². The summed E-state index contributed by atoms with van der Waals surface area (Å²) in [5, 5.41) is 11.3. The lowest BCUT2D eigenvalue weighted by Crippen LogP contribution is -2.47. The van der Waals surface area contributed by atoms with Gasteiger partial charge in [0.2, 0.25) is 0 Å². The molecule has 31 heavy (non-hydrogen) atoms. The Morgan fingerprint density at radius 2 is 1.03 bits per heavy atom. The largest absolute Gasteiger partial charge is 0.272 e. The molecule has 0 bridgehead atoms. The molecular formula is C23H22F2N4O2. The maximum Gasteiger partial charge on any atom is 0.256 e. The van der Waals surface area contributed by atoms with Gasteiger partial charge in [-0.1, -0.05) is 13.8 Å². The van der Waals surface area contributed by atoms with Gasteiger partial charge in [0.25, 0.3) is 11.8 Å². The van der Waals surface area contributed by atoms with Crippen molar-refractivity contribution in [3.8, 4) is 0 Å². The SMILES string of the molecule is CC1=NN(c2ccc(F)cc2)C(=O)[C@H]1C(C)(C)[C@@H]1C(=O)N(c2ccc(F)cc2)N=C1C. The van der Waals surface area contributed by atoms with Crippen molar-refractivity contribution in [3.63, 3.8) is 0 Å². The lowest BCUT2D eigenvalue weighted by atomic mass is 9.66. The van der Waals surface area contributed by atoms with Gasteiger partial charge in [-0.05, 0) is 67.8 Å². The summed E-state index contributed by atoms with van der Waals surface area (Å²) in [7, 11) is 0. The molecule has 2 atom stereocenters. The highest BCUT2D eigenvalue weighted by atomic mass is 19.1. The number of hydrazone groups is 2. The number of hydrogen-bond acceptors (Lipinski definition) is 4. The van der Waals surface area contributed by atoms with Gasteiger partial charge in [0.1, 0.15) is 11.6 Å². The smallest absolute Gasteiger partial charge is 0.256 e. The molecule has 0 spiro atoms. The number of benzene rings is 2. The second-order valence-corrected chi connectivity index (χ2v) is 8.42. The molecule has 4 rings (SSSR count). The highest BCUT2D eigenvalue weighted by Gasteiger charge is 2.54. The summed E-state index contributed by atoms with van der Waals surface area (Å²) in [5.74, 6) is -2.70.